The van der Waals surface area contributed by atoms with Crippen LogP contribution in [0.4, 0.5) is 8.78 Å². The van der Waals surface area contributed by atoms with Gasteiger partial charge in [-0.25, -0.2) is 8.78 Å². The number of aliphatic imine (C=N–C) groups is 1. The second-order valence-electron chi connectivity index (χ2n) is 5.89. The number of hydrogen-bond donors (Lipinski definition) is 1. The Hall–Kier alpha value is -1.75. The zero-order chi connectivity index (χ0) is 17.8. The fourth-order valence-corrected chi connectivity index (χ4v) is 2.84. The average molecular weight is 477 g/mol. The van der Waals surface area contributed by atoms with Gasteiger partial charge in [-0.2, -0.15) is 5.10 Å². The highest BCUT2D eigenvalue weighted by atomic mass is 127. The quantitative estimate of drug-likeness (QED) is 0.420. The van der Waals surface area contributed by atoms with Gasteiger partial charge in [-0.1, -0.05) is 0 Å². The van der Waals surface area contributed by atoms with Crippen LogP contribution >= 0.6 is 24.0 Å². The number of benzene rings is 1. The number of ether oxygens (including phenoxy) is 1. The lowest BCUT2D eigenvalue weighted by molar-refractivity contribution is -0.00805. The zero-order valence-electron chi connectivity index (χ0n) is 14.7. The second-order valence-corrected chi connectivity index (χ2v) is 5.89. The summed E-state index contributed by atoms with van der Waals surface area (Å²) in [7, 11) is 3.52. The smallest absolute Gasteiger partial charge is 0.194 e. The molecule has 1 atom stereocenters. The summed E-state index contributed by atoms with van der Waals surface area (Å²) >= 11 is 0. The first kappa shape index (κ1) is 20.6. The maximum Gasteiger partial charge on any atom is 0.194 e. The van der Waals surface area contributed by atoms with Gasteiger partial charge in [-0.3, -0.25) is 9.67 Å². The highest BCUT2D eigenvalue weighted by Gasteiger charge is 2.25. The number of guanidine groups is 1. The second kappa shape index (κ2) is 9.26. The summed E-state index contributed by atoms with van der Waals surface area (Å²) in [5.74, 6) is -0.281. The summed E-state index contributed by atoms with van der Waals surface area (Å²) in [6.07, 6.45) is 3.60. The van der Waals surface area contributed by atoms with Crippen LogP contribution in [0.5, 0.6) is 0 Å². The molecular formula is C17H22F2IN5O. The van der Waals surface area contributed by atoms with Gasteiger partial charge < -0.3 is 15.0 Å². The van der Waals surface area contributed by atoms with Crippen LogP contribution in [0, 0.1) is 11.6 Å². The molecule has 1 aliphatic rings. The normalized spacial score (nSPS) is 17.8. The molecular weight excluding hydrogens is 455 g/mol. The maximum absolute atomic E-state index is 13.8. The van der Waals surface area contributed by atoms with Crippen molar-refractivity contribution in [3.05, 3.63) is 53.4 Å². The van der Waals surface area contributed by atoms with Crippen molar-refractivity contribution < 1.29 is 13.5 Å². The van der Waals surface area contributed by atoms with Gasteiger partial charge in [0.2, 0.25) is 0 Å². The number of morpholine rings is 1. The van der Waals surface area contributed by atoms with E-state index < -0.39 is 11.6 Å². The van der Waals surface area contributed by atoms with E-state index in [0.29, 0.717) is 25.7 Å². The third-order valence-electron chi connectivity index (χ3n) is 4.12. The van der Waals surface area contributed by atoms with E-state index in [1.54, 1.807) is 17.9 Å². The van der Waals surface area contributed by atoms with Crippen molar-refractivity contribution in [3.63, 3.8) is 0 Å². The SMILES string of the molecule is CN=C(NCc1cc(F)ccc1F)N1CCOC(c2cnn(C)c2)C1.I. The molecule has 0 spiro atoms. The van der Waals surface area contributed by atoms with Crippen molar-refractivity contribution >= 4 is 29.9 Å². The molecule has 0 aliphatic carbocycles. The molecule has 2 heterocycles. The summed E-state index contributed by atoms with van der Waals surface area (Å²) in [6.45, 7) is 1.98. The third kappa shape index (κ3) is 4.91. The lowest BCUT2D eigenvalue weighted by Gasteiger charge is -2.34. The van der Waals surface area contributed by atoms with Crippen molar-refractivity contribution in [2.75, 3.05) is 26.7 Å². The minimum Gasteiger partial charge on any atom is -0.370 e. The summed E-state index contributed by atoms with van der Waals surface area (Å²) in [5, 5.41) is 7.26. The first-order chi connectivity index (χ1) is 12.1. The summed E-state index contributed by atoms with van der Waals surface area (Å²) in [4.78, 5) is 6.29. The summed E-state index contributed by atoms with van der Waals surface area (Å²) in [6, 6.07) is 3.42. The molecule has 1 aromatic heterocycles. The monoisotopic (exact) mass is 477 g/mol. The van der Waals surface area contributed by atoms with Crippen LogP contribution in [0.2, 0.25) is 0 Å². The fourth-order valence-electron chi connectivity index (χ4n) is 2.84. The molecule has 0 saturated carbocycles. The molecule has 6 nitrogen and oxygen atoms in total. The molecule has 1 saturated heterocycles. The standard InChI is InChI=1S/C17H21F2N5O.HI/c1-20-17(21-8-12-7-14(18)3-4-15(12)19)24-5-6-25-16(11-24)13-9-22-23(2)10-13;/h3-4,7,9-10,16H,5-6,8,11H2,1-2H3,(H,20,21);1H. The molecule has 9 heteroatoms. The van der Waals surface area contributed by atoms with E-state index in [-0.39, 0.29) is 42.2 Å². The lowest BCUT2D eigenvalue weighted by Crippen LogP contribution is -2.48. The minimum atomic E-state index is -0.462. The highest BCUT2D eigenvalue weighted by Crippen LogP contribution is 2.21. The van der Waals surface area contributed by atoms with Gasteiger partial charge in [0.25, 0.3) is 0 Å². The largest absolute Gasteiger partial charge is 0.370 e. The van der Waals surface area contributed by atoms with Crippen molar-refractivity contribution in [1.29, 1.82) is 0 Å². The van der Waals surface area contributed by atoms with Crippen LogP contribution in [0.3, 0.4) is 0 Å². The number of rotatable bonds is 3. The average Bonchev–Trinajstić information content (AvgIpc) is 3.05. The van der Waals surface area contributed by atoms with Gasteiger partial charge in [-0.05, 0) is 18.2 Å². The Kier molecular flexibility index (Phi) is 7.33. The molecule has 1 aromatic carbocycles. The summed E-state index contributed by atoms with van der Waals surface area (Å²) < 4.78 is 34.6. The van der Waals surface area contributed by atoms with Crippen molar-refractivity contribution in [2.45, 2.75) is 12.6 Å². The maximum atomic E-state index is 13.8. The molecule has 142 valence electrons. The minimum absolute atomic E-state index is 0. The Morgan fingerprint density at radius 2 is 2.23 bits per heavy atom. The van der Waals surface area contributed by atoms with Gasteiger partial charge in [0.05, 0.1) is 19.3 Å². The van der Waals surface area contributed by atoms with Crippen LogP contribution < -0.4 is 5.32 Å². The van der Waals surface area contributed by atoms with Crippen molar-refractivity contribution in [2.24, 2.45) is 12.0 Å². The Bertz CT molecular complexity index is 767. The van der Waals surface area contributed by atoms with Crippen LogP contribution in [0.15, 0.2) is 35.6 Å². The Balaban J connectivity index is 0.00000243. The number of aromatic nitrogens is 2. The first-order valence-electron chi connectivity index (χ1n) is 8.06. The first-order valence-corrected chi connectivity index (χ1v) is 8.06. The number of halogens is 3. The van der Waals surface area contributed by atoms with Crippen molar-refractivity contribution in [3.8, 4) is 0 Å². The number of nitrogens with one attached hydrogen (secondary N) is 1. The Morgan fingerprint density at radius 3 is 2.92 bits per heavy atom. The van der Waals surface area contributed by atoms with Crippen LogP contribution in [0.25, 0.3) is 0 Å². The number of aryl methyl sites for hydroxylation is 1. The lowest BCUT2D eigenvalue weighted by atomic mass is 10.1. The van der Waals surface area contributed by atoms with E-state index in [9.17, 15) is 8.78 Å². The molecule has 1 N–H and O–H groups in total. The number of nitrogens with zero attached hydrogens (tertiary/aromatic N) is 4. The van der Waals surface area contributed by atoms with E-state index in [1.807, 2.05) is 18.1 Å². The van der Waals surface area contributed by atoms with Gasteiger partial charge >= 0.3 is 0 Å². The zero-order valence-corrected chi connectivity index (χ0v) is 17.0. The number of hydrogen-bond acceptors (Lipinski definition) is 3. The van der Waals surface area contributed by atoms with Crippen molar-refractivity contribution in [1.82, 2.24) is 20.0 Å². The van der Waals surface area contributed by atoms with E-state index in [4.69, 9.17) is 4.74 Å². The molecule has 0 amide bonds. The van der Waals surface area contributed by atoms with E-state index in [0.717, 1.165) is 17.7 Å². The molecule has 0 radical (unpaired) electrons. The third-order valence-corrected chi connectivity index (χ3v) is 4.12. The van der Waals surface area contributed by atoms with E-state index >= 15 is 0 Å². The van der Waals surface area contributed by atoms with E-state index in [2.05, 4.69) is 15.4 Å². The van der Waals surface area contributed by atoms with Crippen LogP contribution in [-0.4, -0.2) is 47.4 Å². The van der Waals surface area contributed by atoms with Crippen LogP contribution in [-0.2, 0) is 18.3 Å². The fraction of sp³-hybridized carbons (Fsp3) is 0.412. The van der Waals surface area contributed by atoms with Gasteiger partial charge in [0.15, 0.2) is 5.96 Å². The highest BCUT2D eigenvalue weighted by molar-refractivity contribution is 14.0. The Morgan fingerprint density at radius 1 is 1.42 bits per heavy atom. The molecule has 3 rings (SSSR count). The molecule has 1 fully saturated rings. The predicted octanol–water partition coefficient (Wildman–Crippen LogP) is 2.47. The topological polar surface area (TPSA) is 54.7 Å². The van der Waals surface area contributed by atoms with E-state index in [1.165, 1.54) is 6.07 Å². The Labute approximate surface area is 168 Å². The molecule has 1 unspecified atom stereocenters. The van der Waals surface area contributed by atoms with Crippen LogP contribution in [0.1, 0.15) is 17.2 Å². The van der Waals surface area contributed by atoms with Gasteiger partial charge in [0.1, 0.15) is 17.7 Å². The summed E-state index contributed by atoms with van der Waals surface area (Å²) in [5.41, 5.74) is 1.26. The van der Waals surface area contributed by atoms with Gasteiger partial charge in [0, 0.05) is 44.5 Å². The molecule has 26 heavy (non-hydrogen) atoms. The molecule has 1 aliphatic heterocycles. The molecule has 2 aromatic rings. The molecule has 0 bridgehead atoms. The predicted molar refractivity (Wildman–Crippen MR) is 105 cm³/mol. The van der Waals surface area contributed by atoms with Gasteiger partial charge in [-0.15, -0.1) is 24.0 Å².